The van der Waals surface area contributed by atoms with Crippen LogP contribution in [0.4, 0.5) is 11.4 Å². The number of hydrogen-bond donors (Lipinski definition) is 2. The number of anilines is 1. The number of non-ortho nitro benzene ring substituents is 1. The van der Waals surface area contributed by atoms with Gasteiger partial charge in [0.05, 0.1) is 11.0 Å². The van der Waals surface area contributed by atoms with Crippen LogP contribution in [0, 0.1) is 21.4 Å². The molecule has 0 spiro atoms. The lowest BCUT2D eigenvalue weighted by Crippen LogP contribution is -2.30. The molecule has 0 fully saturated rings. The Balaban J connectivity index is 1.82. The van der Waals surface area contributed by atoms with E-state index in [9.17, 15) is 20.2 Å². The zero-order valence-electron chi connectivity index (χ0n) is 15.9. The SMILES string of the molecule is N#C/C(=C/Nc1cccc([N+](=O)[O-])c1)C(=O)NC(c1ccccc1)c1ccccc1. The Bertz CT molecular complexity index is 1070. The van der Waals surface area contributed by atoms with E-state index in [0.29, 0.717) is 5.69 Å². The zero-order chi connectivity index (χ0) is 21.3. The van der Waals surface area contributed by atoms with Gasteiger partial charge in [-0.2, -0.15) is 5.26 Å². The van der Waals surface area contributed by atoms with Gasteiger partial charge in [0.2, 0.25) is 0 Å². The molecule has 3 rings (SSSR count). The standard InChI is InChI=1S/C23H18N4O3/c24-15-19(16-25-20-12-7-13-21(14-20)27(29)30)23(28)26-22(17-8-3-1-4-9-17)18-10-5-2-6-11-18/h1-14,16,22,25H,(H,26,28)/b19-16-. The monoisotopic (exact) mass is 398 g/mol. The molecule has 0 heterocycles. The molecule has 148 valence electrons. The Morgan fingerprint density at radius 3 is 2.10 bits per heavy atom. The Hall–Kier alpha value is -4.44. The number of amides is 1. The van der Waals surface area contributed by atoms with Crippen LogP contribution in [0.1, 0.15) is 17.2 Å². The fourth-order valence-corrected chi connectivity index (χ4v) is 2.87. The van der Waals surface area contributed by atoms with Crippen molar-refractivity contribution in [3.05, 3.63) is 118 Å². The summed E-state index contributed by atoms with van der Waals surface area (Å²) in [5.41, 5.74) is 1.90. The van der Waals surface area contributed by atoms with Crippen molar-refractivity contribution < 1.29 is 9.72 Å². The van der Waals surface area contributed by atoms with E-state index in [-0.39, 0.29) is 11.3 Å². The highest BCUT2D eigenvalue weighted by atomic mass is 16.6. The second-order valence-electron chi connectivity index (χ2n) is 6.35. The van der Waals surface area contributed by atoms with Crippen molar-refractivity contribution in [1.82, 2.24) is 5.32 Å². The molecule has 0 saturated carbocycles. The molecule has 2 N–H and O–H groups in total. The van der Waals surface area contributed by atoms with Crippen molar-refractivity contribution in [2.45, 2.75) is 6.04 Å². The van der Waals surface area contributed by atoms with Crippen LogP contribution < -0.4 is 10.6 Å². The first kappa shape index (κ1) is 20.3. The minimum Gasteiger partial charge on any atom is -0.360 e. The summed E-state index contributed by atoms with van der Waals surface area (Å²) >= 11 is 0. The van der Waals surface area contributed by atoms with E-state index in [1.54, 1.807) is 6.07 Å². The van der Waals surface area contributed by atoms with Gasteiger partial charge in [-0.3, -0.25) is 14.9 Å². The summed E-state index contributed by atoms with van der Waals surface area (Å²) < 4.78 is 0. The highest BCUT2D eigenvalue weighted by molar-refractivity contribution is 5.98. The van der Waals surface area contributed by atoms with Crippen molar-refractivity contribution >= 4 is 17.3 Å². The van der Waals surface area contributed by atoms with Gasteiger partial charge in [-0.05, 0) is 17.2 Å². The van der Waals surface area contributed by atoms with Crippen LogP contribution in [0.3, 0.4) is 0 Å². The maximum Gasteiger partial charge on any atom is 0.271 e. The van der Waals surface area contributed by atoms with E-state index < -0.39 is 16.9 Å². The normalized spacial score (nSPS) is 10.9. The largest absolute Gasteiger partial charge is 0.360 e. The Morgan fingerprint density at radius 1 is 0.967 bits per heavy atom. The summed E-state index contributed by atoms with van der Waals surface area (Å²) in [5, 5.41) is 26.0. The molecule has 0 aromatic heterocycles. The minimum absolute atomic E-state index is 0.0930. The number of nitriles is 1. The Kier molecular flexibility index (Phi) is 6.54. The molecule has 0 radical (unpaired) electrons. The molecule has 30 heavy (non-hydrogen) atoms. The average Bonchev–Trinajstić information content (AvgIpc) is 2.79. The molecule has 0 aliphatic heterocycles. The molecule has 7 nitrogen and oxygen atoms in total. The van der Waals surface area contributed by atoms with E-state index in [4.69, 9.17) is 0 Å². The summed E-state index contributed by atoms with van der Waals surface area (Å²) in [5.74, 6) is -0.562. The summed E-state index contributed by atoms with van der Waals surface area (Å²) in [6, 6.07) is 26.1. The first-order valence-corrected chi connectivity index (χ1v) is 9.10. The van der Waals surface area contributed by atoms with E-state index in [1.807, 2.05) is 66.7 Å². The smallest absolute Gasteiger partial charge is 0.271 e. The van der Waals surface area contributed by atoms with E-state index in [1.165, 1.54) is 24.4 Å². The third kappa shape index (κ3) is 5.09. The first-order chi connectivity index (χ1) is 14.6. The molecule has 0 aliphatic carbocycles. The van der Waals surface area contributed by atoms with Gasteiger partial charge in [-0.15, -0.1) is 0 Å². The van der Waals surface area contributed by atoms with Crippen molar-refractivity contribution in [2.75, 3.05) is 5.32 Å². The number of nitro groups is 1. The quantitative estimate of drug-likeness (QED) is 0.267. The average molecular weight is 398 g/mol. The predicted molar refractivity (Wildman–Crippen MR) is 113 cm³/mol. The first-order valence-electron chi connectivity index (χ1n) is 9.10. The van der Waals surface area contributed by atoms with Gasteiger partial charge in [0.25, 0.3) is 11.6 Å². The van der Waals surface area contributed by atoms with E-state index in [0.717, 1.165) is 11.1 Å². The summed E-state index contributed by atoms with van der Waals surface area (Å²) in [4.78, 5) is 23.2. The van der Waals surface area contributed by atoms with Crippen molar-refractivity contribution in [2.24, 2.45) is 0 Å². The molecule has 0 saturated heterocycles. The third-order valence-electron chi connectivity index (χ3n) is 4.35. The number of nitrogens with one attached hydrogen (secondary N) is 2. The lowest BCUT2D eigenvalue weighted by Gasteiger charge is -2.19. The highest BCUT2D eigenvalue weighted by Gasteiger charge is 2.19. The van der Waals surface area contributed by atoms with E-state index in [2.05, 4.69) is 10.6 Å². The summed E-state index contributed by atoms with van der Waals surface area (Å²) in [6.07, 6.45) is 1.24. The van der Waals surface area contributed by atoms with Gasteiger partial charge in [-0.25, -0.2) is 0 Å². The van der Waals surface area contributed by atoms with Gasteiger partial charge < -0.3 is 10.6 Å². The number of rotatable bonds is 7. The van der Waals surface area contributed by atoms with Gasteiger partial charge in [-0.1, -0.05) is 66.7 Å². The second kappa shape index (κ2) is 9.66. The van der Waals surface area contributed by atoms with Crippen LogP contribution in [0.15, 0.2) is 96.7 Å². The molecule has 0 unspecified atom stereocenters. The lowest BCUT2D eigenvalue weighted by molar-refractivity contribution is -0.384. The van der Waals surface area contributed by atoms with Crippen LogP contribution in [-0.2, 0) is 4.79 Å². The second-order valence-corrected chi connectivity index (χ2v) is 6.35. The molecule has 3 aromatic carbocycles. The zero-order valence-corrected chi connectivity index (χ0v) is 15.9. The summed E-state index contributed by atoms with van der Waals surface area (Å²) in [6.45, 7) is 0. The van der Waals surface area contributed by atoms with Crippen LogP contribution in [0.2, 0.25) is 0 Å². The van der Waals surface area contributed by atoms with Crippen LogP contribution in [0.25, 0.3) is 0 Å². The van der Waals surface area contributed by atoms with Gasteiger partial charge in [0.1, 0.15) is 11.6 Å². The van der Waals surface area contributed by atoms with Crippen molar-refractivity contribution in [3.63, 3.8) is 0 Å². The van der Waals surface area contributed by atoms with Crippen molar-refractivity contribution in [3.8, 4) is 6.07 Å². The number of nitrogens with zero attached hydrogens (tertiary/aromatic N) is 2. The molecule has 0 bridgehead atoms. The molecule has 7 heteroatoms. The predicted octanol–water partition coefficient (Wildman–Crippen LogP) is 4.32. The molecule has 3 aromatic rings. The van der Waals surface area contributed by atoms with Crippen molar-refractivity contribution in [1.29, 1.82) is 5.26 Å². The molecular formula is C23H18N4O3. The fourth-order valence-electron chi connectivity index (χ4n) is 2.87. The Labute approximate surface area is 173 Å². The maximum absolute atomic E-state index is 12.8. The molecule has 0 aliphatic rings. The number of nitro benzene ring substituents is 1. The number of hydrogen-bond acceptors (Lipinski definition) is 5. The number of carbonyl (C=O) groups excluding carboxylic acids is 1. The van der Waals surface area contributed by atoms with Gasteiger partial charge >= 0.3 is 0 Å². The topological polar surface area (TPSA) is 108 Å². The maximum atomic E-state index is 12.8. The third-order valence-corrected chi connectivity index (χ3v) is 4.35. The number of benzene rings is 3. The molecular weight excluding hydrogens is 380 g/mol. The minimum atomic E-state index is -0.562. The highest BCUT2D eigenvalue weighted by Crippen LogP contribution is 2.22. The summed E-state index contributed by atoms with van der Waals surface area (Å²) in [7, 11) is 0. The number of carbonyl (C=O) groups is 1. The van der Waals surface area contributed by atoms with E-state index >= 15 is 0 Å². The molecule has 1 amide bonds. The van der Waals surface area contributed by atoms with Gasteiger partial charge in [0, 0.05) is 24.0 Å². The van der Waals surface area contributed by atoms with Crippen LogP contribution in [-0.4, -0.2) is 10.8 Å². The van der Waals surface area contributed by atoms with Gasteiger partial charge in [0.15, 0.2) is 0 Å². The fraction of sp³-hybridized carbons (Fsp3) is 0.0435. The lowest BCUT2D eigenvalue weighted by atomic mass is 9.98. The molecule has 0 atom stereocenters. The Morgan fingerprint density at radius 2 is 1.57 bits per heavy atom. The van der Waals surface area contributed by atoms with Crippen LogP contribution >= 0.6 is 0 Å². The van der Waals surface area contributed by atoms with Crippen LogP contribution in [0.5, 0.6) is 0 Å².